The van der Waals surface area contributed by atoms with Crippen LogP contribution in [-0.4, -0.2) is 43.3 Å². The monoisotopic (exact) mass is 398 g/mol. The number of hydrogen-bond acceptors (Lipinski definition) is 6. The molecule has 2 N–H and O–H groups in total. The van der Waals surface area contributed by atoms with Crippen molar-refractivity contribution < 1.29 is 13.9 Å². The fourth-order valence-corrected chi connectivity index (χ4v) is 4.81. The fourth-order valence-electron chi connectivity index (χ4n) is 4.81. The highest BCUT2D eigenvalue weighted by Crippen LogP contribution is 2.44. The molecule has 1 aromatic rings. The first-order chi connectivity index (χ1) is 14.1. The van der Waals surface area contributed by atoms with E-state index < -0.39 is 0 Å². The summed E-state index contributed by atoms with van der Waals surface area (Å²) < 4.78 is 20.9. The largest absolute Gasteiger partial charge is 0.445 e. The Balaban J connectivity index is 1.60. The summed E-state index contributed by atoms with van der Waals surface area (Å²) in [5, 5.41) is 0. The van der Waals surface area contributed by atoms with Gasteiger partial charge < -0.3 is 15.4 Å². The summed E-state index contributed by atoms with van der Waals surface area (Å²) in [4.78, 5) is 23.7. The molecule has 2 aliphatic heterocycles. The molecule has 2 fully saturated rings. The molecule has 0 radical (unpaired) electrons. The number of nitrogens with zero attached hydrogens (tertiary/aromatic N) is 3. The van der Waals surface area contributed by atoms with Crippen LogP contribution in [0.4, 0.5) is 10.2 Å². The van der Waals surface area contributed by atoms with Gasteiger partial charge >= 0.3 is 0 Å². The topological polar surface area (TPSA) is 80.8 Å². The van der Waals surface area contributed by atoms with Gasteiger partial charge in [0.05, 0.1) is 17.8 Å². The Morgan fingerprint density at radius 1 is 1.24 bits per heavy atom. The minimum atomic E-state index is -0.363. The van der Waals surface area contributed by atoms with Crippen molar-refractivity contribution in [3.63, 3.8) is 0 Å². The Morgan fingerprint density at radius 2 is 2.10 bits per heavy atom. The van der Waals surface area contributed by atoms with Crippen LogP contribution in [0.5, 0.6) is 0 Å². The maximum Gasteiger partial charge on any atom is 0.177 e. The van der Waals surface area contributed by atoms with Crippen LogP contribution in [0.15, 0.2) is 16.6 Å². The Hall–Kier alpha value is -2.28. The van der Waals surface area contributed by atoms with Crippen molar-refractivity contribution >= 4 is 23.8 Å². The third kappa shape index (κ3) is 3.56. The lowest BCUT2D eigenvalue weighted by Gasteiger charge is -2.28. The molecule has 154 valence electrons. The highest BCUT2D eigenvalue weighted by Gasteiger charge is 2.35. The van der Waals surface area contributed by atoms with Crippen molar-refractivity contribution in [1.29, 1.82) is 0 Å². The number of aromatic nitrogens is 1. The van der Waals surface area contributed by atoms with E-state index in [4.69, 9.17) is 15.5 Å². The molecule has 0 bridgehead atoms. The lowest BCUT2D eigenvalue weighted by molar-refractivity contribution is -0.115. The molecule has 29 heavy (non-hydrogen) atoms. The molecule has 3 heterocycles. The van der Waals surface area contributed by atoms with E-state index in [-0.39, 0.29) is 24.1 Å². The summed E-state index contributed by atoms with van der Waals surface area (Å²) >= 11 is 0. The molecule has 1 aromatic heterocycles. The number of pyridine rings is 1. The smallest absolute Gasteiger partial charge is 0.177 e. The molecular formula is C22H27FN4O2. The molecule has 5 rings (SSSR count). The molecule has 7 heteroatoms. The van der Waals surface area contributed by atoms with E-state index in [2.05, 4.69) is 4.99 Å². The predicted molar refractivity (Wildman–Crippen MR) is 109 cm³/mol. The molecule has 1 saturated carbocycles. The number of fused-ring (bicyclic) bond motifs is 2. The van der Waals surface area contributed by atoms with Crippen LogP contribution in [0.25, 0.3) is 5.76 Å². The fraction of sp³-hybridized carbons (Fsp3) is 0.591. The van der Waals surface area contributed by atoms with Crippen LogP contribution in [-0.2, 0) is 9.53 Å². The lowest BCUT2D eigenvalue weighted by Crippen LogP contribution is -2.26. The van der Waals surface area contributed by atoms with Crippen LogP contribution in [0.2, 0.25) is 0 Å². The van der Waals surface area contributed by atoms with Gasteiger partial charge in [-0.1, -0.05) is 12.8 Å². The standard InChI is InChI=1S/C22H27FN4O2/c23-18-8-16-20(26-22(18)27-6-5-14(9-24)11-27)15(7-13-1-2-13)3-4-19(28)17-10-25-12-29-21(16)17/h8,12-15H,1-7,9-11,24H2. The van der Waals surface area contributed by atoms with Crippen LogP contribution < -0.4 is 10.6 Å². The van der Waals surface area contributed by atoms with Crippen molar-refractivity contribution in [2.24, 2.45) is 22.6 Å². The maximum absolute atomic E-state index is 15.2. The van der Waals surface area contributed by atoms with Crippen LogP contribution in [0.3, 0.4) is 0 Å². The van der Waals surface area contributed by atoms with Crippen molar-refractivity contribution in [2.45, 2.75) is 44.4 Å². The average Bonchev–Trinajstić information content (AvgIpc) is 3.43. The number of halogens is 1. The normalized spacial score (nSPS) is 26.7. The molecule has 2 unspecified atom stereocenters. The number of carbonyl (C=O) groups is 1. The number of ether oxygens (including phenoxy) is 1. The summed E-state index contributed by atoms with van der Waals surface area (Å²) in [5.41, 5.74) is 7.86. The molecule has 0 amide bonds. The second kappa shape index (κ2) is 7.52. The molecule has 0 spiro atoms. The van der Waals surface area contributed by atoms with Crippen molar-refractivity contribution in [1.82, 2.24) is 4.98 Å². The van der Waals surface area contributed by atoms with Gasteiger partial charge in [0.15, 0.2) is 23.8 Å². The van der Waals surface area contributed by atoms with E-state index in [9.17, 15) is 4.79 Å². The Labute approximate surface area is 170 Å². The molecule has 4 aliphatic rings. The lowest BCUT2D eigenvalue weighted by atomic mass is 9.84. The van der Waals surface area contributed by atoms with Crippen molar-refractivity contribution in [3.05, 3.63) is 28.7 Å². The Morgan fingerprint density at radius 3 is 2.86 bits per heavy atom. The number of rotatable bonds is 4. The predicted octanol–water partition coefficient (Wildman–Crippen LogP) is 3.02. The summed E-state index contributed by atoms with van der Waals surface area (Å²) in [6, 6.07) is 1.53. The Kier molecular flexibility index (Phi) is 4.86. The van der Waals surface area contributed by atoms with Crippen molar-refractivity contribution in [2.75, 3.05) is 31.1 Å². The molecule has 0 aromatic carbocycles. The number of nitrogens with two attached hydrogens (primary N) is 1. The SMILES string of the molecule is NCC1CCN(c2nc3c(cc2F)C2=C(CN=CO2)C(=O)CCC3CC2CC2)C1. The summed E-state index contributed by atoms with van der Waals surface area (Å²) in [6.45, 7) is 2.41. The van der Waals surface area contributed by atoms with Gasteiger partial charge in [0.1, 0.15) is 5.76 Å². The van der Waals surface area contributed by atoms with Crippen LogP contribution >= 0.6 is 0 Å². The van der Waals surface area contributed by atoms with E-state index in [0.29, 0.717) is 47.5 Å². The second-order valence-electron chi connectivity index (χ2n) is 8.77. The summed E-state index contributed by atoms with van der Waals surface area (Å²) in [6.07, 6.45) is 6.98. The number of Topliss-reactive ketones (excluding diaryl/α,β-unsaturated/α-hetero) is 1. The first-order valence-electron chi connectivity index (χ1n) is 10.7. The summed E-state index contributed by atoms with van der Waals surface area (Å²) in [7, 11) is 0. The van der Waals surface area contributed by atoms with E-state index in [0.717, 1.165) is 38.0 Å². The van der Waals surface area contributed by atoms with Gasteiger partial charge in [0.2, 0.25) is 0 Å². The van der Waals surface area contributed by atoms with E-state index >= 15 is 4.39 Å². The third-order valence-corrected chi connectivity index (χ3v) is 6.68. The van der Waals surface area contributed by atoms with Crippen molar-refractivity contribution in [3.8, 4) is 0 Å². The van der Waals surface area contributed by atoms with E-state index in [1.165, 1.54) is 25.3 Å². The van der Waals surface area contributed by atoms with E-state index in [1.54, 1.807) is 0 Å². The zero-order valence-electron chi connectivity index (χ0n) is 16.6. The van der Waals surface area contributed by atoms with E-state index in [1.807, 2.05) is 4.90 Å². The zero-order chi connectivity index (χ0) is 20.0. The molecule has 1 saturated heterocycles. The molecular weight excluding hydrogens is 371 g/mol. The second-order valence-corrected chi connectivity index (χ2v) is 8.77. The number of anilines is 1. The minimum Gasteiger partial charge on any atom is -0.445 e. The summed E-state index contributed by atoms with van der Waals surface area (Å²) in [5.74, 6) is 1.76. The first-order valence-corrected chi connectivity index (χ1v) is 10.7. The average molecular weight is 398 g/mol. The Bertz CT molecular complexity index is 893. The molecule has 2 aliphatic carbocycles. The van der Waals surface area contributed by atoms with Crippen LogP contribution in [0, 0.1) is 17.7 Å². The first kappa shape index (κ1) is 18.7. The number of carbonyl (C=O) groups excluding carboxylic acids is 1. The highest BCUT2D eigenvalue weighted by molar-refractivity contribution is 6.04. The van der Waals surface area contributed by atoms with Gasteiger partial charge in [-0.15, -0.1) is 0 Å². The van der Waals surface area contributed by atoms with Gasteiger partial charge in [-0.05, 0) is 43.7 Å². The van der Waals surface area contributed by atoms with Gasteiger partial charge in [-0.2, -0.15) is 0 Å². The van der Waals surface area contributed by atoms with Gasteiger partial charge in [-0.3, -0.25) is 9.79 Å². The number of ketones is 1. The van der Waals surface area contributed by atoms with Gasteiger partial charge in [0, 0.05) is 31.0 Å². The number of hydrogen-bond donors (Lipinski definition) is 1. The third-order valence-electron chi connectivity index (χ3n) is 6.68. The maximum atomic E-state index is 15.2. The zero-order valence-corrected chi connectivity index (χ0v) is 16.6. The quantitative estimate of drug-likeness (QED) is 0.843. The van der Waals surface area contributed by atoms with Gasteiger partial charge in [0.25, 0.3) is 0 Å². The molecule has 2 atom stereocenters. The van der Waals surface area contributed by atoms with Crippen LogP contribution in [0.1, 0.15) is 55.7 Å². The molecule has 6 nitrogen and oxygen atoms in total. The minimum absolute atomic E-state index is 0.0538. The number of aliphatic imine (C=N–C) groups is 1. The highest BCUT2D eigenvalue weighted by atomic mass is 19.1. The van der Waals surface area contributed by atoms with Gasteiger partial charge in [-0.25, -0.2) is 9.37 Å².